The van der Waals surface area contributed by atoms with Crippen LogP contribution in [0.2, 0.25) is 0 Å². The fraction of sp³-hybridized carbons (Fsp3) is 0.462. The molecule has 0 fully saturated rings. The zero-order valence-electron chi connectivity index (χ0n) is 11.6. The minimum Gasteiger partial charge on any atom is -0.354 e. The van der Waals surface area contributed by atoms with Gasteiger partial charge in [0.05, 0.1) is 18.5 Å². The number of hydrogen-bond acceptors (Lipinski definition) is 3. The minimum atomic E-state index is -3.53. The highest BCUT2D eigenvalue weighted by molar-refractivity contribution is 7.92. The van der Waals surface area contributed by atoms with Gasteiger partial charge in [-0.1, -0.05) is 13.0 Å². The number of carbonyl (C=O) groups is 1. The van der Waals surface area contributed by atoms with Crippen LogP contribution in [0.4, 0.5) is 10.1 Å². The highest BCUT2D eigenvalue weighted by Crippen LogP contribution is 2.17. The molecule has 1 N–H and O–H groups in total. The van der Waals surface area contributed by atoms with Crippen molar-refractivity contribution >= 4 is 21.6 Å². The Balaban J connectivity index is 2.75. The zero-order valence-corrected chi connectivity index (χ0v) is 12.4. The molecular weight excluding hydrogens is 283 g/mol. The fourth-order valence-corrected chi connectivity index (χ4v) is 2.65. The second kappa shape index (κ2) is 7.23. The molecule has 1 amide bonds. The highest BCUT2D eigenvalue weighted by atomic mass is 32.2. The van der Waals surface area contributed by atoms with Gasteiger partial charge in [-0.25, -0.2) is 12.8 Å². The Bertz CT molecular complexity index is 560. The Morgan fingerprint density at radius 1 is 1.40 bits per heavy atom. The number of hydrogen-bond donors (Lipinski definition) is 1. The summed E-state index contributed by atoms with van der Waals surface area (Å²) in [5.41, 5.74) is 0.247. The number of sulfonamides is 1. The molecule has 0 aliphatic carbocycles. The monoisotopic (exact) mass is 302 g/mol. The number of nitrogens with one attached hydrogen (secondary N) is 1. The van der Waals surface area contributed by atoms with Crippen LogP contribution in [0.15, 0.2) is 24.3 Å². The van der Waals surface area contributed by atoms with Crippen molar-refractivity contribution in [3.8, 4) is 0 Å². The summed E-state index contributed by atoms with van der Waals surface area (Å²) in [6.07, 6.45) is 2.18. The van der Waals surface area contributed by atoms with Gasteiger partial charge >= 0.3 is 0 Å². The molecule has 20 heavy (non-hydrogen) atoms. The van der Waals surface area contributed by atoms with Gasteiger partial charge in [0.25, 0.3) is 0 Å². The van der Waals surface area contributed by atoms with E-state index in [9.17, 15) is 17.6 Å². The molecular formula is C13H19FN2O3S. The molecule has 0 bridgehead atoms. The van der Waals surface area contributed by atoms with Crippen molar-refractivity contribution in [2.24, 2.45) is 0 Å². The van der Waals surface area contributed by atoms with Gasteiger partial charge < -0.3 is 5.32 Å². The molecule has 1 aromatic carbocycles. The van der Waals surface area contributed by atoms with Gasteiger partial charge in [0.2, 0.25) is 15.9 Å². The van der Waals surface area contributed by atoms with E-state index in [-0.39, 0.29) is 24.7 Å². The summed E-state index contributed by atoms with van der Waals surface area (Å²) in [5.74, 6) is -0.633. The van der Waals surface area contributed by atoms with Gasteiger partial charge in [-0.2, -0.15) is 0 Å². The Morgan fingerprint density at radius 2 is 2.10 bits per heavy atom. The van der Waals surface area contributed by atoms with E-state index in [1.165, 1.54) is 18.2 Å². The molecule has 0 aliphatic heterocycles. The number of halogens is 1. The molecule has 7 heteroatoms. The van der Waals surface area contributed by atoms with E-state index < -0.39 is 15.8 Å². The smallest absolute Gasteiger partial charge is 0.232 e. The predicted octanol–water partition coefficient (Wildman–Crippen LogP) is 1.51. The van der Waals surface area contributed by atoms with Gasteiger partial charge in [-0.3, -0.25) is 9.10 Å². The van der Waals surface area contributed by atoms with E-state index >= 15 is 0 Å². The van der Waals surface area contributed by atoms with Gasteiger partial charge in [0.15, 0.2) is 0 Å². The van der Waals surface area contributed by atoms with Crippen LogP contribution in [-0.2, 0) is 14.8 Å². The Labute approximate surface area is 118 Å². The summed E-state index contributed by atoms with van der Waals surface area (Å²) in [6, 6.07) is 5.35. The van der Waals surface area contributed by atoms with Gasteiger partial charge in [0.1, 0.15) is 5.82 Å². The molecule has 0 aliphatic rings. The molecule has 0 heterocycles. The molecule has 5 nitrogen and oxygen atoms in total. The molecule has 1 aromatic rings. The van der Waals surface area contributed by atoms with Crippen LogP contribution in [0.25, 0.3) is 0 Å². The lowest BCUT2D eigenvalue weighted by Crippen LogP contribution is -2.38. The van der Waals surface area contributed by atoms with E-state index in [0.717, 1.165) is 23.0 Å². The Kier molecular flexibility index (Phi) is 5.94. The number of rotatable bonds is 7. The maximum Gasteiger partial charge on any atom is 0.232 e. The fourth-order valence-electron chi connectivity index (χ4n) is 1.73. The quantitative estimate of drug-likeness (QED) is 0.830. The topological polar surface area (TPSA) is 66.5 Å². The lowest BCUT2D eigenvalue weighted by atomic mass is 10.3. The average Bonchev–Trinajstić information content (AvgIpc) is 2.33. The molecule has 0 saturated carbocycles. The van der Waals surface area contributed by atoms with Crippen LogP contribution in [0.1, 0.15) is 19.8 Å². The van der Waals surface area contributed by atoms with E-state index in [1.54, 1.807) is 0 Å². The van der Waals surface area contributed by atoms with Crippen molar-refractivity contribution in [1.82, 2.24) is 5.32 Å². The van der Waals surface area contributed by atoms with Crippen molar-refractivity contribution in [1.29, 1.82) is 0 Å². The summed E-state index contributed by atoms with van der Waals surface area (Å²) in [4.78, 5) is 11.3. The molecule has 0 atom stereocenters. The van der Waals surface area contributed by atoms with Crippen LogP contribution in [0, 0.1) is 5.82 Å². The number of anilines is 1. The predicted molar refractivity (Wildman–Crippen MR) is 76.5 cm³/mol. The van der Waals surface area contributed by atoms with Crippen LogP contribution in [-0.4, -0.2) is 33.7 Å². The summed E-state index contributed by atoms with van der Waals surface area (Å²) < 4.78 is 37.7. The zero-order chi connectivity index (χ0) is 15.2. The second-order valence-corrected chi connectivity index (χ2v) is 6.32. The lowest BCUT2D eigenvalue weighted by molar-refractivity contribution is -0.121. The van der Waals surface area contributed by atoms with Crippen molar-refractivity contribution in [3.05, 3.63) is 30.1 Å². The normalized spacial score (nSPS) is 11.2. The van der Waals surface area contributed by atoms with Crippen molar-refractivity contribution in [3.63, 3.8) is 0 Å². The molecule has 112 valence electrons. The van der Waals surface area contributed by atoms with Crippen molar-refractivity contribution in [2.75, 3.05) is 23.7 Å². The first kappa shape index (κ1) is 16.4. The molecule has 0 saturated heterocycles. The number of nitrogens with zero attached hydrogens (tertiary/aromatic N) is 1. The SMILES string of the molecule is CCCC(=O)NCCN(c1cccc(F)c1)S(C)(=O)=O. The lowest BCUT2D eigenvalue weighted by Gasteiger charge is -2.22. The first-order valence-electron chi connectivity index (χ1n) is 6.34. The van der Waals surface area contributed by atoms with Crippen LogP contribution < -0.4 is 9.62 Å². The largest absolute Gasteiger partial charge is 0.354 e. The minimum absolute atomic E-state index is 0.0672. The maximum atomic E-state index is 13.2. The highest BCUT2D eigenvalue weighted by Gasteiger charge is 2.17. The summed E-state index contributed by atoms with van der Waals surface area (Å²) in [6.45, 7) is 2.13. The molecule has 0 spiro atoms. The first-order chi connectivity index (χ1) is 9.34. The molecule has 0 unspecified atom stereocenters. The average molecular weight is 302 g/mol. The van der Waals surface area contributed by atoms with E-state index in [4.69, 9.17) is 0 Å². The van der Waals surface area contributed by atoms with Crippen LogP contribution in [0.5, 0.6) is 0 Å². The number of benzene rings is 1. The number of amides is 1. The van der Waals surface area contributed by atoms with Gasteiger partial charge in [-0.15, -0.1) is 0 Å². The van der Waals surface area contributed by atoms with Crippen LogP contribution in [0.3, 0.4) is 0 Å². The van der Waals surface area contributed by atoms with Gasteiger partial charge in [0, 0.05) is 13.0 Å². The molecule has 0 aromatic heterocycles. The third-order valence-electron chi connectivity index (χ3n) is 2.61. The summed E-state index contributed by atoms with van der Waals surface area (Å²) >= 11 is 0. The maximum absolute atomic E-state index is 13.2. The van der Waals surface area contributed by atoms with E-state index in [1.807, 2.05) is 6.92 Å². The second-order valence-electron chi connectivity index (χ2n) is 4.41. The Morgan fingerprint density at radius 3 is 2.65 bits per heavy atom. The summed E-state index contributed by atoms with van der Waals surface area (Å²) in [5, 5.41) is 2.63. The van der Waals surface area contributed by atoms with E-state index in [0.29, 0.717) is 6.42 Å². The third kappa shape index (κ3) is 5.16. The first-order valence-corrected chi connectivity index (χ1v) is 8.19. The number of carbonyl (C=O) groups excluding carboxylic acids is 1. The van der Waals surface area contributed by atoms with Gasteiger partial charge in [-0.05, 0) is 24.6 Å². The molecule has 1 rings (SSSR count). The Hall–Kier alpha value is -1.63. The van der Waals surface area contributed by atoms with Crippen molar-refractivity contribution < 1.29 is 17.6 Å². The standard InChI is InChI=1S/C13H19FN2O3S/c1-3-5-13(17)15-8-9-16(20(2,18)19)12-7-4-6-11(14)10-12/h4,6-7,10H,3,5,8-9H2,1-2H3,(H,15,17). The van der Waals surface area contributed by atoms with Crippen molar-refractivity contribution in [2.45, 2.75) is 19.8 Å². The third-order valence-corrected chi connectivity index (χ3v) is 3.80. The summed E-state index contributed by atoms with van der Waals surface area (Å²) in [7, 11) is -3.53. The van der Waals surface area contributed by atoms with Crippen LogP contribution >= 0.6 is 0 Å². The van der Waals surface area contributed by atoms with E-state index in [2.05, 4.69) is 5.32 Å². The molecule has 0 radical (unpaired) electrons.